The van der Waals surface area contributed by atoms with Crippen molar-refractivity contribution in [2.75, 3.05) is 24.6 Å². The minimum absolute atomic E-state index is 0.221. The largest absolute Gasteiger partial charge is 0.376 e. The second-order valence-electron chi connectivity index (χ2n) is 4.65. The normalized spacial score (nSPS) is 19.2. The van der Waals surface area contributed by atoms with Crippen LogP contribution in [0.1, 0.15) is 25.3 Å². The van der Waals surface area contributed by atoms with Gasteiger partial charge in [-0.3, -0.25) is 0 Å². The molecule has 4 heteroatoms. The van der Waals surface area contributed by atoms with Gasteiger partial charge in [-0.05, 0) is 31.9 Å². The van der Waals surface area contributed by atoms with Gasteiger partial charge in [0, 0.05) is 37.5 Å². The first kappa shape index (κ1) is 13.3. The molecule has 100 valence electrons. The molecule has 0 spiro atoms. The molecule has 0 bridgehead atoms. The van der Waals surface area contributed by atoms with Gasteiger partial charge in [0.2, 0.25) is 0 Å². The molecule has 0 saturated carbocycles. The average Bonchev–Trinajstić information content (AvgIpc) is 2.88. The SMILES string of the molecule is CCN(CC1CCCO1)c1ccc(CN)c(F)c1. The van der Waals surface area contributed by atoms with Gasteiger partial charge in [0.1, 0.15) is 5.82 Å². The van der Waals surface area contributed by atoms with Crippen molar-refractivity contribution < 1.29 is 9.13 Å². The first-order valence-electron chi connectivity index (χ1n) is 6.59. The summed E-state index contributed by atoms with van der Waals surface area (Å²) < 4.78 is 19.3. The fourth-order valence-corrected chi connectivity index (χ4v) is 2.35. The molecular weight excluding hydrogens is 231 g/mol. The highest BCUT2D eigenvalue weighted by Crippen LogP contribution is 2.21. The van der Waals surface area contributed by atoms with Crippen molar-refractivity contribution in [3.05, 3.63) is 29.6 Å². The first-order valence-corrected chi connectivity index (χ1v) is 6.59. The number of rotatable bonds is 5. The van der Waals surface area contributed by atoms with Crippen LogP contribution in [-0.4, -0.2) is 25.8 Å². The Balaban J connectivity index is 2.08. The van der Waals surface area contributed by atoms with Crippen molar-refractivity contribution in [3.63, 3.8) is 0 Å². The Labute approximate surface area is 108 Å². The highest BCUT2D eigenvalue weighted by molar-refractivity contribution is 5.48. The molecule has 3 nitrogen and oxygen atoms in total. The molecule has 1 saturated heterocycles. The Bertz CT molecular complexity index is 391. The topological polar surface area (TPSA) is 38.5 Å². The van der Waals surface area contributed by atoms with Crippen LogP contribution in [0.2, 0.25) is 0 Å². The molecule has 1 fully saturated rings. The van der Waals surface area contributed by atoms with Crippen molar-refractivity contribution >= 4 is 5.69 Å². The first-order chi connectivity index (χ1) is 8.74. The Hall–Kier alpha value is -1.13. The van der Waals surface area contributed by atoms with Crippen molar-refractivity contribution in [1.29, 1.82) is 0 Å². The van der Waals surface area contributed by atoms with Crippen LogP contribution in [0.4, 0.5) is 10.1 Å². The van der Waals surface area contributed by atoms with Crippen LogP contribution in [-0.2, 0) is 11.3 Å². The maximum absolute atomic E-state index is 13.7. The Kier molecular flexibility index (Phi) is 4.55. The number of nitrogens with zero attached hydrogens (tertiary/aromatic N) is 1. The number of likely N-dealkylation sites (N-methyl/N-ethyl adjacent to an activating group) is 1. The van der Waals surface area contributed by atoms with E-state index in [4.69, 9.17) is 10.5 Å². The van der Waals surface area contributed by atoms with E-state index in [9.17, 15) is 4.39 Å². The van der Waals surface area contributed by atoms with Crippen LogP contribution < -0.4 is 10.6 Å². The minimum Gasteiger partial charge on any atom is -0.376 e. The third-order valence-electron chi connectivity index (χ3n) is 3.45. The minimum atomic E-state index is -0.221. The van der Waals surface area contributed by atoms with Gasteiger partial charge >= 0.3 is 0 Å². The highest BCUT2D eigenvalue weighted by atomic mass is 19.1. The van der Waals surface area contributed by atoms with Gasteiger partial charge in [0.25, 0.3) is 0 Å². The lowest BCUT2D eigenvalue weighted by Gasteiger charge is -2.26. The molecule has 0 aromatic heterocycles. The second-order valence-corrected chi connectivity index (χ2v) is 4.65. The zero-order valence-corrected chi connectivity index (χ0v) is 10.9. The number of halogens is 1. The lowest BCUT2D eigenvalue weighted by Crippen LogP contribution is -2.32. The van der Waals surface area contributed by atoms with E-state index in [0.29, 0.717) is 5.56 Å². The molecule has 1 aromatic rings. The Morgan fingerprint density at radius 3 is 2.89 bits per heavy atom. The van der Waals surface area contributed by atoms with E-state index in [2.05, 4.69) is 11.8 Å². The van der Waals surface area contributed by atoms with Gasteiger partial charge < -0.3 is 15.4 Å². The number of hydrogen-bond acceptors (Lipinski definition) is 3. The molecule has 1 atom stereocenters. The molecule has 1 aliphatic heterocycles. The van der Waals surface area contributed by atoms with Crippen molar-refractivity contribution in [3.8, 4) is 0 Å². The molecule has 1 aromatic carbocycles. The number of hydrogen-bond donors (Lipinski definition) is 1. The summed E-state index contributed by atoms with van der Waals surface area (Å²) in [5.41, 5.74) is 6.94. The molecular formula is C14H21FN2O. The molecule has 0 aliphatic carbocycles. The van der Waals surface area contributed by atoms with Gasteiger partial charge in [-0.25, -0.2) is 4.39 Å². The quantitative estimate of drug-likeness (QED) is 0.873. The molecule has 1 unspecified atom stereocenters. The van der Waals surface area contributed by atoms with E-state index in [1.54, 1.807) is 12.1 Å². The van der Waals surface area contributed by atoms with Gasteiger partial charge in [-0.15, -0.1) is 0 Å². The van der Waals surface area contributed by atoms with Gasteiger partial charge in [0.05, 0.1) is 6.10 Å². The summed E-state index contributed by atoms with van der Waals surface area (Å²) in [6.07, 6.45) is 2.50. The summed E-state index contributed by atoms with van der Waals surface area (Å²) in [7, 11) is 0. The second kappa shape index (κ2) is 6.16. The number of ether oxygens (including phenoxy) is 1. The summed E-state index contributed by atoms with van der Waals surface area (Å²) in [5.74, 6) is -0.221. The summed E-state index contributed by atoms with van der Waals surface area (Å²) >= 11 is 0. The summed E-state index contributed by atoms with van der Waals surface area (Å²) in [6, 6.07) is 5.27. The van der Waals surface area contributed by atoms with Gasteiger partial charge in [-0.2, -0.15) is 0 Å². The maximum Gasteiger partial charge on any atom is 0.129 e. The number of nitrogens with two attached hydrogens (primary N) is 1. The maximum atomic E-state index is 13.7. The molecule has 2 N–H and O–H groups in total. The smallest absolute Gasteiger partial charge is 0.129 e. The fourth-order valence-electron chi connectivity index (χ4n) is 2.35. The van der Waals surface area contributed by atoms with E-state index >= 15 is 0 Å². The summed E-state index contributed by atoms with van der Waals surface area (Å²) in [4.78, 5) is 2.15. The summed E-state index contributed by atoms with van der Waals surface area (Å²) in [5, 5.41) is 0. The third kappa shape index (κ3) is 3.00. The van der Waals surface area contributed by atoms with Crippen LogP contribution in [0.5, 0.6) is 0 Å². The standard InChI is InChI=1S/C14H21FN2O/c1-2-17(10-13-4-3-7-18-13)12-6-5-11(9-16)14(15)8-12/h5-6,8,13H,2-4,7,9-10,16H2,1H3. The van der Waals surface area contributed by atoms with Gasteiger partial charge in [0.15, 0.2) is 0 Å². The van der Waals surface area contributed by atoms with Crippen LogP contribution >= 0.6 is 0 Å². The molecule has 1 heterocycles. The van der Waals surface area contributed by atoms with Crippen LogP contribution in [0.3, 0.4) is 0 Å². The van der Waals surface area contributed by atoms with E-state index < -0.39 is 0 Å². The summed E-state index contributed by atoms with van der Waals surface area (Å²) in [6.45, 7) is 4.84. The van der Waals surface area contributed by atoms with E-state index in [-0.39, 0.29) is 18.5 Å². The van der Waals surface area contributed by atoms with E-state index in [1.807, 2.05) is 6.07 Å². The third-order valence-corrected chi connectivity index (χ3v) is 3.45. The molecule has 1 aliphatic rings. The Morgan fingerprint density at radius 1 is 1.50 bits per heavy atom. The van der Waals surface area contributed by atoms with Crippen LogP contribution in [0, 0.1) is 5.82 Å². The molecule has 0 amide bonds. The zero-order chi connectivity index (χ0) is 13.0. The highest BCUT2D eigenvalue weighted by Gasteiger charge is 2.19. The van der Waals surface area contributed by atoms with E-state index in [0.717, 1.165) is 38.2 Å². The van der Waals surface area contributed by atoms with Crippen molar-refractivity contribution in [2.24, 2.45) is 5.73 Å². The molecule has 2 rings (SSSR count). The number of benzene rings is 1. The average molecular weight is 252 g/mol. The van der Waals surface area contributed by atoms with Crippen molar-refractivity contribution in [2.45, 2.75) is 32.4 Å². The Morgan fingerprint density at radius 2 is 2.33 bits per heavy atom. The predicted molar refractivity (Wildman–Crippen MR) is 71.2 cm³/mol. The zero-order valence-electron chi connectivity index (χ0n) is 10.9. The predicted octanol–water partition coefficient (Wildman–Crippen LogP) is 2.29. The number of anilines is 1. The van der Waals surface area contributed by atoms with Crippen molar-refractivity contribution in [1.82, 2.24) is 0 Å². The van der Waals surface area contributed by atoms with Crippen LogP contribution in [0.25, 0.3) is 0 Å². The molecule has 18 heavy (non-hydrogen) atoms. The lowest BCUT2D eigenvalue weighted by molar-refractivity contribution is 0.115. The lowest BCUT2D eigenvalue weighted by atomic mass is 10.1. The fraction of sp³-hybridized carbons (Fsp3) is 0.571. The molecule has 0 radical (unpaired) electrons. The van der Waals surface area contributed by atoms with Gasteiger partial charge in [-0.1, -0.05) is 6.07 Å². The van der Waals surface area contributed by atoms with E-state index in [1.165, 1.54) is 0 Å². The monoisotopic (exact) mass is 252 g/mol. The van der Waals surface area contributed by atoms with Crippen LogP contribution in [0.15, 0.2) is 18.2 Å².